The van der Waals surface area contributed by atoms with Gasteiger partial charge >= 0.3 is 0 Å². The van der Waals surface area contributed by atoms with Gasteiger partial charge in [-0.1, -0.05) is 19.9 Å². The quantitative estimate of drug-likeness (QED) is 0.299. The van der Waals surface area contributed by atoms with Crippen molar-refractivity contribution in [2.45, 2.75) is 45.3 Å². The zero-order valence-corrected chi connectivity index (χ0v) is 14.8. The molecule has 0 aromatic heterocycles. The van der Waals surface area contributed by atoms with Gasteiger partial charge in [0.2, 0.25) is 0 Å². The molecule has 0 amide bonds. The molecule has 0 aliphatic heterocycles. The molecule has 1 aromatic carbocycles. The molecule has 8 nitrogen and oxygen atoms in total. The second-order valence-electron chi connectivity index (χ2n) is 5.62. The normalized spacial score (nSPS) is 12.0. The highest BCUT2D eigenvalue weighted by Gasteiger charge is 2.09. The van der Waals surface area contributed by atoms with Crippen LogP contribution in [0, 0.1) is 10.1 Å². The van der Waals surface area contributed by atoms with Crippen LogP contribution in [0.2, 0.25) is 0 Å². The second-order valence-corrected chi connectivity index (χ2v) is 5.62. The summed E-state index contributed by atoms with van der Waals surface area (Å²) >= 11 is 0. The molecular formula is C17H28N2O6. The molecule has 1 aromatic rings. The fourth-order valence-corrected chi connectivity index (χ4v) is 2.17. The molecule has 2 N–H and O–H groups in total. The van der Waals surface area contributed by atoms with E-state index >= 15 is 0 Å². The number of ether oxygens (including phenoxy) is 2. The molecule has 1 unspecified atom stereocenters. The molecule has 0 spiro atoms. The van der Waals surface area contributed by atoms with Crippen molar-refractivity contribution in [1.29, 1.82) is 0 Å². The van der Waals surface area contributed by atoms with Crippen LogP contribution < -0.4 is 14.8 Å². The molecule has 0 saturated carbocycles. The molecule has 0 aliphatic rings. The molecule has 0 radical (unpaired) electrons. The van der Waals surface area contributed by atoms with Gasteiger partial charge in [-0.25, -0.2) is 0 Å². The third-order valence-electron chi connectivity index (χ3n) is 3.63. The molecule has 25 heavy (non-hydrogen) atoms. The van der Waals surface area contributed by atoms with Gasteiger partial charge in [-0.3, -0.25) is 0 Å². The third kappa shape index (κ3) is 9.73. The molecule has 8 heteroatoms. The van der Waals surface area contributed by atoms with Crippen LogP contribution in [-0.4, -0.2) is 48.7 Å². The van der Waals surface area contributed by atoms with Gasteiger partial charge in [0.15, 0.2) is 0 Å². The summed E-state index contributed by atoms with van der Waals surface area (Å²) in [7, 11) is 0. The van der Waals surface area contributed by atoms with Gasteiger partial charge in [0.1, 0.15) is 24.2 Å². The van der Waals surface area contributed by atoms with Gasteiger partial charge in [0.25, 0.3) is 5.09 Å². The van der Waals surface area contributed by atoms with Gasteiger partial charge in [0, 0.05) is 25.1 Å². The maximum atomic E-state index is 10.0. The highest BCUT2D eigenvalue weighted by atomic mass is 16.9. The smallest absolute Gasteiger partial charge is 0.294 e. The van der Waals surface area contributed by atoms with E-state index in [0.29, 0.717) is 37.1 Å². The zero-order chi connectivity index (χ0) is 18.5. The van der Waals surface area contributed by atoms with Crippen LogP contribution in [0.1, 0.15) is 33.1 Å². The summed E-state index contributed by atoms with van der Waals surface area (Å²) in [5.74, 6) is 1.20. The lowest BCUT2D eigenvalue weighted by Gasteiger charge is -2.18. The molecule has 0 bridgehead atoms. The maximum absolute atomic E-state index is 10.0. The Hall–Kier alpha value is -2.06. The predicted molar refractivity (Wildman–Crippen MR) is 93.4 cm³/mol. The van der Waals surface area contributed by atoms with Crippen LogP contribution in [-0.2, 0) is 4.84 Å². The number of benzene rings is 1. The summed E-state index contributed by atoms with van der Waals surface area (Å²) in [6.07, 6.45) is 1.86. The molecule has 0 heterocycles. The molecule has 0 fully saturated rings. The van der Waals surface area contributed by atoms with Crippen molar-refractivity contribution >= 4 is 0 Å². The van der Waals surface area contributed by atoms with Crippen LogP contribution >= 0.6 is 0 Å². The largest absolute Gasteiger partial charge is 0.493 e. The molecule has 1 rings (SSSR count). The van der Waals surface area contributed by atoms with Gasteiger partial charge in [-0.05, 0) is 25.0 Å². The lowest BCUT2D eigenvalue weighted by molar-refractivity contribution is -0.757. The van der Waals surface area contributed by atoms with Gasteiger partial charge < -0.3 is 24.7 Å². The van der Waals surface area contributed by atoms with Gasteiger partial charge in [0.05, 0.1) is 13.2 Å². The molecule has 0 aliphatic carbocycles. The van der Waals surface area contributed by atoms with Crippen LogP contribution in [0.3, 0.4) is 0 Å². The van der Waals surface area contributed by atoms with Crippen LogP contribution in [0.5, 0.6) is 11.5 Å². The fourth-order valence-electron chi connectivity index (χ4n) is 2.17. The summed E-state index contributed by atoms with van der Waals surface area (Å²) in [4.78, 5) is 14.2. The first-order valence-electron chi connectivity index (χ1n) is 8.59. The van der Waals surface area contributed by atoms with Crippen molar-refractivity contribution in [1.82, 2.24) is 5.32 Å². The van der Waals surface area contributed by atoms with Crippen molar-refractivity contribution in [2.75, 3.05) is 26.4 Å². The number of hydrogen-bond donors (Lipinski definition) is 2. The van der Waals surface area contributed by atoms with E-state index in [0.717, 1.165) is 12.8 Å². The molecule has 1 atom stereocenters. The monoisotopic (exact) mass is 356 g/mol. The van der Waals surface area contributed by atoms with Crippen molar-refractivity contribution in [3.05, 3.63) is 34.4 Å². The molecular weight excluding hydrogens is 328 g/mol. The summed E-state index contributed by atoms with van der Waals surface area (Å²) in [5, 5.41) is 22.5. The Labute approximate surface area is 148 Å². The third-order valence-corrected chi connectivity index (χ3v) is 3.63. The first-order chi connectivity index (χ1) is 12.0. The molecule has 142 valence electrons. The Morgan fingerprint density at radius 2 is 1.88 bits per heavy atom. The van der Waals surface area contributed by atoms with E-state index in [-0.39, 0.29) is 13.2 Å². The van der Waals surface area contributed by atoms with Crippen LogP contribution in [0.4, 0.5) is 0 Å². The van der Waals surface area contributed by atoms with E-state index < -0.39 is 11.2 Å². The minimum Gasteiger partial charge on any atom is -0.493 e. The highest BCUT2D eigenvalue weighted by molar-refractivity contribution is 5.32. The number of aliphatic hydroxyl groups excluding tert-OH is 1. The Balaban J connectivity index is 2.28. The Bertz CT molecular complexity index is 496. The first-order valence-corrected chi connectivity index (χ1v) is 8.59. The van der Waals surface area contributed by atoms with Crippen molar-refractivity contribution < 1.29 is 24.5 Å². The van der Waals surface area contributed by atoms with E-state index in [2.05, 4.69) is 24.0 Å². The summed E-state index contributed by atoms with van der Waals surface area (Å²) in [6, 6.07) is 7.46. The second kappa shape index (κ2) is 12.3. The Kier molecular flexibility index (Phi) is 10.3. The van der Waals surface area contributed by atoms with E-state index in [1.807, 2.05) is 0 Å². The van der Waals surface area contributed by atoms with Crippen LogP contribution in [0.25, 0.3) is 0 Å². The Morgan fingerprint density at radius 1 is 1.20 bits per heavy atom. The number of hydrogen-bond acceptors (Lipinski definition) is 7. The van der Waals surface area contributed by atoms with E-state index in [4.69, 9.17) is 9.47 Å². The van der Waals surface area contributed by atoms with Gasteiger partial charge in [-0.2, -0.15) is 0 Å². The lowest BCUT2D eigenvalue weighted by atomic mass is 10.1. The van der Waals surface area contributed by atoms with E-state index in [1.165, 1.54) is 0 Å². The first kappa shape index (κ1) is 21.0. The highest BCUT2D eigenvalue weighted by Crippen LogP contribution is 2.19. The summed E-state index contributed by atoms with van der Waals surface area (Å²) < 4.78 is 11.1. The number of aliphatic hydroxyl groups is 1. The number of rotatable bonds is 14. The number of nitrogens with one attached hydrogen (secondary N) is 1. The topological polar surface area (TPSA) is 103 Å². The standard InChI is InChI=1S/C17H28N2O6/c1-3-14(4-2)18-12-15(20)13-24-17-8-5-7-16(11-17)23-9-6-10-25-19(21)22/h5,7-8,11,14-15,18,20H,3-4,6,9-10,12-13H2,1-2H3. The SMILES string of the molecule is CCC(CC)NCC(O)COc1cccc(OCCCO[N+](=O)[O-])c1. The molecule has 0 saturated heterocycles. The lowest BCUT2D eigenvalue weighted by Crippen LogP contribution is -2.37. The zero-order valence-electron chi connectivity index (χ0n) is 14.8. The fraction of sp³-hybridized carbons (Fsp3) is 0.647. The minimum atomic E-state index is -0.822. The average Bonchev–Trinajstić information content (AvgIpc) is 2.60. The van der Waals surface area contributed by atoms with E-state index in [9.17, 15) is 15.2 Å². The predicted octanol–water partition coefficient (Wildman–Crippen LogP) is 2.18. The maximum Gasteiger partial charge on any atom is 0.294 e. The average molecular weight is 356 g/mol. The minimum absolute atomic E-state index is 0.00109. The summed E-state index contributed by atoms with van der Waals surface area (Å²) in [5.41, 5.74) is 0. The van der Waals surface area contributed by atoms with Crippen molar-refractivity contribution in [2.24, 2.45) is 0 Å². The number of nitrogens with zero attached hydrogens (tertiary/aromatic N) is 1. The van der Waals surface area contributed by atoms with Gasteiger partial charge in [-0.15, -0.1) is 10.1 Å². The summed E-state index contributed by atoms with van der Waals surface area (Å²) in [6.45, 7) is 5.20. The van der Waals surface area contributed by atoms with Crippen molar-refractivity contribution in [3.8, 4) is 11.5 Å². The van der Waals surface area contributed by atoms with Crippen molar-refractivity contribution in [3.63, 3.8) is 0 Å². The van der Waals surface area contributed by atoms with Crippen LogP contribution in [0.15, 0.2) is 24.3 Å². The Morgan fingerprint density at radius 3 is 2.52 bits per heavy atom. The van der Waals surface area contributed by atoms with E-state index in [1.54, 1.807) is 24.3 Å².